The van der Waals surface area contributed by atoms with Crippen LogP contribution < -0.4 is 5.32 Å². The van der Waals surface area contributed by atoms with Crippen molar-refractivity contribution in [3.8, 4) is 0 Å². The van der Waals surface area contributed by atoms with Gasteiger partial charge >= 0.3 is 0 Å². The van der Waals surface area contributed by atoms with E-state index in [4.69, 9.17) is 0 Å². The summed E-state index contributed by atoms with van der Waals surface area (Å²) in [6.07, 6.45) is 1.67. The van der Waals surface area contributed by atoms with Crippen LogP contribution in [0.15, 0.2) is 30.6 Å². The Morgan fingerprint density at radius 3 is 2.82 bits per heavy atom. The van der Waals surface area contributed by atoms with Gasteiger partial charge in [-0.1, -0.05) is 18.2 Å². The van der Waals surface area contributed by atoms with Gasteiger partial charge in [-0.15, -0.1) is 0 Å². The molecule has 0 fully saturated rings. The zero-order valence-electron chi connectivity index (χ0n) is 10.00. The second kappa shape index (κ2) is 5.10. The number of hydrogen-bond donors (Lipinski definition) is 2. The predicted octanol–water partition coefficient (Wildman–Crippen LogP) is 2.71. The summed E-state index contributed by atoms with van der Waals surface area (Å²) in [5, 5.41) is 3.26. The van der Waals surface area contributed by atoms with Crippen molar-refractivity contribution in [1.82, 2.24) is 15.3 Å². The van der Waals surface area contributed by atoms with Gasteiger partial charge in [-0.05, 0) is 19.9 Å². The van der Waals surface area contributed by atoms with Gasteiger partial charge in [0.25, 0.3) is 0 Å². The molecule has 0 saturated carbocycles. The topological polar surface area (TPSA) is 40.7 Å². The average molecular weight is 233 g/mol. The van der Waals surface area contributed by atoms with E-state index in [1.807, 2.05) is 19.9 Å². The highest BCUT2D eigenvalue weighted by Gasteiger charge is 2.10. The molecule has 4 heteroatoms. The summed E-state index contributed by atoms with van der Waals surface area (Å²) in [5.74, 6) is -0.175. The summed E-state index contributed by atoms with van der Waals surface area (Å²) >= 11 is 0. The Labute approximate surface area is 100 Å². The molecule has 0 spiro atoms. The highest BCUT2D eigenvalue weighted by molar-refractivity contribution is 5.20. The van der Waals surface area contributed by atoms with Gasteiger partial charge in [0, 0.05) is 23.8 Å². The molecule has 0 saturated heterocycles. The first-order chi connectivity index (χ1) is 8.18. The number of aromatic amines is 1. The maximum atomic E-state index is 13.5. The Morgan fingerprint density at radius 1 is 1.41 bits per heavy atom. The second-order valence-electron chi connectivity index (χ2n) is 4.10. The zero-order valence-corrected chi connectivity index (χ0v) is 10.00. The quantitative estimate of drug-likeness (QED) is 0.852. The molecule has 1 atom stereocenters. The molecule has 0 bridgehead atoms. The van der Waals surface area contributed by atoms with Gasteiger partial charge in [0.2, 0.25) is 0 Å². The van der Waals surface area contributed by atoms with Gasteiger partial charge in [-0.2, -0.15) is 0 Å². The first-order valence-corrected chi connectivity index (χ1v) is 5.65. The predicted molar refractivity (Wildman–Crippen MR) is 65.0 cm³/mol. The van der Waals surface area contributed by atoms with Crippen LogP contribution in [-0.4, -0.2) is 9.97 Å². The van der Waals surface area contributed by atoms with E-state index in [0.29, 0.717) is 12.1 Å². The van der Waals surface area contributed by atoms with Crippen molar-refractivity contribution in [2.24, 2.45) is 0 Å². The number of imidazole rings is 1. The van der Waals surface area contributed by atoms with E-state index in [0.717, 1.165) is 11.4 Å². The molecule has 0 aliphatic rings. The van der Waals surface area contributed by atoms with Crippen LogP contribution in [0.2, 0.25) is 0 Å². The number of nitrogens with one attached hydrogen (secondary N) is 2. The van der Waals surface area contributed by atoms with E-state index >= 15 is 0 Å². The SMILES string of the molecule is Cc1[nH]cnc1CN[C@H](C)c1ccccc1F. The third-order valence-corrected chi connectivity index (χ3v) is 2.88. The number of H-pyrrole nitrogens is 1. The van der Waals surface area contributed by atoms with Gasteiger partial charge in [0.05, 0.1) is 12.0 Å². The van der Waals surface area contributed by atoms with Crippen LogP contribution in [0, 0.1) is 12.7 Å². The van der Waals surface area contributed by atoms with Crippen LogP contribution in [0.1, 0.15) is 29.9 Å². The van der Waals surface area contributed by atoms with Crippen LogP contribution in [0.3, 0.4) is 0 Å². The monoisotopic (exact) mass is 233 g/mol. The van der Waals surface area contributed by atoms with Crippen molar-refractivity contribution in [1.29, 1.82) is 0 Å². The fraction of sp³-hybridized carbons (Fsp3) is 0.308. The highest BCUT2D eigenvalue weighted by atomic mass is 19.1. The van der Waals surface area contributed by atoms with Crippen molar-refractivity contribution in [3.63, 3.8) is 0 Å². The summed E-state index contributed by atoms with van der Waals surface area (Å²) in [6.45, 7) is 4.54. The van der Waals surface area contributed by atoms with E-state index in [1.165, 1.54) is 6.07 Å². The van der Waals surface area contributed by atoms with Crippen LogP contribution in [0.5, 0.6) is 0 Å². The van der Waals surface area contributed by atoms with Crippen molar-refractivity contribution in [2.75, 3.05) is 0 Å². The van der Waals surface area contributed by atoms with E-state index in [1.54, 1.807) is 18.5 Å². The minimum Gasteiger partial charge on any atom is -0.348 e. The molecule has 1 aromatic heterocycles. The molecular weight excluding hydrogens is 217 g/mol. The zero-order chi connectivity index (χ0) is 12.3. The summed E-state index contributed by atoms with van der Waals surface area (Å²) in [5.41, 5.74) is 2.69. The molecule has 2 N–H and O–H groups in total. The normalized spacial score (nSPS) is 12.6. The van der Waals surface area contributed by atoms with E-state index in [9.17, 15) is 4.39 Å². The summed E-state index contributed by atoms with van der Waals surface area (Å²) in [7, 11) is 0. The number of aromatic nitrogens is 2. The summed E-state index contributed by atoms with van der Waals surface area (Å²) in [4.78, 5) is 7.21. The minimum absolute atomic E-state index is 0.0349. The number of benzene rings is 1. The van der Waals surface area contributed by atoms with Gasteiger partial charge in [0.15, 0.2) is 0 Å². The number of hydrogen-bond acceptors (Lipinski definition) is 2. The lowest BCUT2D eigenvalue weighted by molar-refractivity contribution is 0.524. The van der Waals surface area contributed by atoms with Crippen LogP contribution >= 0.6 is 0 Å². The van der Waals surface area contributed by atoms with E-state index < -0.39 is 0 Å². The molecule has 0 aliphatic heterocycles. The molecule has 1 aromatic carbocycles. The number of halogens is 1. The molecule has 3 nitrogen and oxygen atoms in total. The highest BCUT2D eigenvalue weighted by Crippen LogP contribution is 2.16. The summed E-state index contributed by atoms with van der Waals surface area (Å²) in [6, 6.07) is 6.78. The lowest BCUT2D eigenvalue weighted by Crippen LogP contribution is -2.19. The molecule has 1 heterocycles. The molecule has 0 amide bonds. The fourth-order valence-corrected chi connectivity index (χ4v) is 1.75. The standard InChI is InChI=1S/C13H16FN3/c1-9(11-5-3-4-6-12(11)14)15-7-13-10(2)16-8-17-13/h3-6,8-9,15H,7H2,1-2H3,(H,16,17)/t9-/m1/s1. The fourth-order valence-electron chi connectivity index (χ4n) is 1.75. The maximum absolute atomic E-state index is 13.5. The van der Waals surface area contributed by atoms with Gasteiger partial charge < -0.3 is 10.3 Å². The van der Waals surface area contributed by atoms with Gasteiger partial charge in [-0.3, -0.25) is 0 Å². The van der Waals surface area contributed by atoms with Gasteiger partial charge in [0.1, 0.15) is 5.82 Å². The third-order valence-electron chi connectivity index (χ3n) is 2.88. The van der Waals surface area contributed by atoms with Crippen molar-refractivity contribution < 1.29 is 4.39 Å². The first-order valence-electron chi connectivity index (χ1n) is 5.65. The Kier molecular flexibility index (Phi) is 3.54. The van der Waals surface area contributed by atoms with Crippen LogP contribution in [0.25, 0.3) is 0 Å². The smallest absolute Gasteiger partial charge is 0.127 e. The Balaban J connectivity index is 2.01. The molecule has 0 unspecified atom stereocenters. The van der Waals surface area contributed by atoms with Crippen molar-refractivity contribution >= 4 is 0 Å². The van der Waals surface area contributed by atoms with E-state index in [2.05, 4.69) is 15.3 Å². The largest absolute Gasteiger partial charge is 0.348 e. The average Bonchev–Trinajstić information content (AvgIpc) is 2.72. The molecule has 0 radical (unpaired) electrons. The molecular formula is C13H16FN3. The molecule has 90 valence electrons. The lowest BCUT2D eigenvalue weighted by Gasteiger charge is -2.14. The number of rotatable bonds is 4. The molecule has 0 aliphatic carbocycles. The van der Waals surface area contributed by atoms with Crippen LogP contribution in [-0.2, 0) is 6.54 Å². The van der Waals surface area contributed by atoms with Crippen LogP contribution in [0.4, 0.5) is 4.39 Å². The Morgan fingerprint density at radius 2 is 2.18 bits per heavy atom. The van der Waals surface area contributed by atoms with Crippen molar-refractivity contribution in [3.05, 3.63) is 53.4 Å². The molecule has 2 rings (SSSR count). The molecule has 17 heavy (non-hydrogen) atoms. The third kappa shape index (κ3) is 2.71. The second-order valence-corrected chi connectivity index (χ2v) is 4.10. The van der Waals surface area contributed by atoms with E-state index in [-0.39, 0.29) is 11.9 Å². The lowest BCUT2D eigenvalue weighted by atomic mass is 10.1. The number of aryl methyl sites for hydroxylation is 1. The number of nitrogens with zero attached hydrogens (tertiary/aromatic N) is 1. The van der Waals surface area contributed by atoms with Gasteiger partial charge in [-0.25, -0.2) is 9.37 Å². The molecule has 2 aromatic rings. The Hall–Kier alpha value is -1.68. The van der Waals surface area contributed by atoms with Crippen molar-refractivity contribution in [2.45, 2.75) is 26.4 Å². The minimum atomic E-state index is -0.175. The summed E-state index contributed by atoms with van der Waals surface area (Å²) < 4.78 is 13.5. The first kappa shape index (κ1) is 11.8. The maximum Gasteiger partial charge on any atom is 0.127 e. The Bertz CT molecular complexity index is 493.